The number of carbonyl (C=O) groups is 1. The van der Waals surface area contributed by atoms with E-state index in [9.17, 15) is 4.79 Å². The van der Waals surface area contributed by atoms with Crippen molar-refractivity contribution in [3.8, 4) is 6.07 Å². The molecular formula is C18H15ClN6O2. The summed E-state index contributed by atoms with van der Waals surface area (Å²) in [4.78, 5) is 25.0. The first-order valence-corrected chi connectivity index (χ1v) is 8.25. The molecule has 8 nitrogen and oxygen atoms in total. The molecule has 1 amide bonds. The van der Waals surface area contributed by atoms with Crippen LogP contribution in [0, 0.1) is 11.3 Å². The number of halogens is 1. The second-order valence-electron chi connectivity index (χ2n) is 6.00. The first kappa shape index (κ1) is 18.4. The Morgan fingerprint density at radius 3 is 2.85 bits per heavy atom. The molecule has 0 fully saturated rings. The van der Waals surface area contributed by atoms with E-state index < -0.39 is 11.4 Å². The van der Waals surface area contributed by atoms with Gasteiger partial charge in [-0.15, -0.1) is 0 Å². The number of nitriles is 1. The van der Waals surface area contributed by atoms with Crippen LogP contribution >= 0.6 is 11.6 Å². The molecule has 0 bridgehead atoms. The molecule has 2 aromatic heterocycles. The van der Waals surface area contributed by atoms with Gasteiger partial charge in [0.15, 0.2) is 0 Å². The van der Waals surface area contributed by atoms with E-state index in [2.05, 4.69) is 20.3 Å². The minimum atomic E-state index is -0.822. The van der Waals surface area contributed by atoms with E-state index in [0.29, 0.717) is 17.1 Å². The monoisotopic (exact) mass is 382 g/mol. The number of nitrogens with zero attached hydrogens (tertiary/aromatic N) is 4. The number of nitrogens with two attached hydrogens (primary N) is 1. The summed E-state index contributed by atoms with van der Waals surface area (Å²) in [6.45, 7) is 3.60. The summed E-state index contributed by atoms with van der Waals surface area (Å²) in [5.74, 6) is 0.100. The zero-order valence-corrected chi connectivity index (χ0v) is 15.3. The van der Waals surface area contributed by atoms with Crippen LogP contribution in [0.2, 0.25) is 5.02 Å². The molecule has 3 rings (SSSR count). The van der Waals surface area contributed by atoms with Crippen LogP contribution in [0.5, 0.6) is 0 Å². The fourth-order valence-electron chi connectivity index (χ4n) is 2.65. The normalized spacial score (nSPS) is 18.6. The molecule has 0 aliphatic carbocycles. The number of allylic oxidation sites excluding steroid dienone is 1. The van der Waals surface area contributed by atoms with Gasteiger partial charge in [0.1, 0.15) is 23.1 Å². The minimum absolute atomic E-state index is 0.0179. The van der Waals surface area contributed by atoms with Gasteiger partial charge in [-0.1, -0.05) is 11.6 Å². The number of carbonyl (C=O) groups excluding carboxylic acids is 1. The van der Waals surface area contributed by atoms with Gasteiger partial charge in [0.25, 0.3) is 11.9 Å². The van der Waals surface area contributed by atoms with Gasteiger partial charge in [-0.25, -0.2) is 9.98 Å². The van der Waals surface area contributed by atoms with Crippen LogP contribution in [0.25, 0.3) is 0 Å². The number of ether oxygens (including phenoxy) is 1. The second-order valence-corrected chi connectivity index (χ2v) is 6.41. The van der Waals surface area contributed by atoms with Crippen molar-refractivity contribution < 1.29 is 9.53 Å². The van der Waals surface area contributed by atoms with Gasteiger partial charge in [0.05, 0.1) is 16.3 Å². The number of aromatic nitrogens is 2. The van der Waals surface area contributed by atoms with Crippen LogP contribution in [0.1, 0.15) is 35.6 Å². The van der Waals surface area contributed by atoms with Gasteiger partial charge in [-0.05, 0) is 38.1 Å². The maximum atomic E-state index is 12.5. The van der Waals surface area contributed by atoms with Crippen LogP contribution in [-0.2, 0) is 10.3 Å². The topological polar surface area (TPSA) is 126 Å². The molecule has 0 spiro atoms. The quantitative estimate of drug-likeness (QED) is 0.840. The summed E-state index contributed by atoms with van der Waals surface area (Å²) >= 11 is 6.04. The van der Waals surface area contributed by atoms with Gasteiger partial charge in [-0.2, -0.15) is 5.26 Å². The number of anilines is 1. The highest BCUT2D eigenvalue weighted by atomic mass is 35.5. The van der Waals surface area contributed by atoms with Crippen molar-refractivity contribution in [3.63, 3.8) is 0 Å². The van der Waals surface area contributed by atoms with Crippen molar-refractivity contribution in [3.05, 3.63) is 64.4 Å². The molecule has 1 atom stereocenters. The second kappa shape index (κ2) is 7.05. The first-order chi connectivity index (χ1) is 12.8. The van der Waals surface area contributed by atoms with Crippen LogP contribution in [0.4, 0.5) is 5.69 Å². The molecule has 1 aliphatic heterocycles. The molecule has 0 saturated heterocycles. The predicted molar refractivity (Wildman–Crippen MR) is 100.0 cm³/mol. The number of amidine groups is 1. The molecule has 1 aliphatic rings. The van der Waals surface area contributed by atoms with E-state index in [0.717, 1.165) is 0 Å². The van der Waals surface area contributed by atoms with E-state index in [4.69, 9.17) is 27.3 Å². The van der Waals surface area contributed by atoms with Crippen LogP contribution in [-0.4, -0.2) is 21.9 Å². The first-order valence-electron chi connectivity index (χ1n) is 7.87. The minimum Gasteiger partial charge on any atom is -0.431 e. The lowest BCUT2D eigenvalue weighted by atomic mass is 9.96. The van der Waals surface area contributed by atoms with Crippen molar-refractivity contribution in [2.24, 2.45) is 10.7 Å². The molecule has 0 unspecified atom stereocenters. The van der Waals surface area contributed by atoms with Crippen LogP contribution in [0.3, 0.4) is 0 Å². The SMILES string of the molecule is CC1=C[C@@](C)(c2cc(NC(=O)c3ncc(C#N)cc3Cl)ccn2)N=C(N)O1. The molecule has 3 N–H and O–H groups in total. The number of amides is 1. The number of pyridine rings is 2. The fraction of sp³-hybridized carbons (Fsp3) is 0.167. The van der Waals surface area contributed by atoms with Gasteiger partial charge in [-0.3, -0.25) is 9.78 Å². The standard InChI is InChI=1S/C18H15ClN6O2/c1-10-7-18(2,25-17(21)27-10)14-6-12(3-4-22-14)24-16(26)15-13(19)5-11(8-20)9-23-15/h3-7,9H,1-2H3,(H2,21,25)(H,22,24,26)/t18-/m0/s1. The van der Waals surface area contributed by atoms with Crippen LogP contribution < -0.4 is 11.1 Å². The van der Waals surface area contributed by atoms with Crippen molar-refractivity contribution >= 4 is 29.2 Å². The molecule has 0 radical (unpaired) electrons. The van der Waals surface area contributed by atoms with Crippen molar-refractivity contribution in [1.29, 1.82) is 5.26 Å². The lowest BCUT2D eigenvalue weighted by Crippen LogP contribution is -2.30. The Labute approximate surface area is 160 Å². The summed E-state index contributed by atoms with van der Waals surface area (Å²) < 4.78 is 5.23. The zero-order valence-electron chi connectivity index (χ0n) is 14.5. The van der Waals surface area contributed by atoms with E-state index in [1.807, 2.05) is 13.0 Å². The maximum absolute atomic E-state index is 12.5. The molecule has 2 aromatic rings. The third-order valence-electron chi connectivity index (χ3n) is 3.81. The Kier molecular flexibility index (Phi) is 4.79. The van der Waals surface area contributed by atoms with E-state index in [1.165, 1.54) is 12.3 Å². The average Bonchev–Trinajstić information content (AvgIpc) is 2.60. The zero-order chi connectivity index (χ0) is 19.6. The van der Waals surface area contributed by atoms with Gasteiger partial charge in [0, 0.05) is 18.1 Å². The molecule has 0 aromatic carbocycles. The fourth-order valence-corrected chi connectivity index (χ4v) is 2.90. The Bertz CT molecular complexity index is 1010. The molecular weight excluding hydrogens is 368 g/mol. The summed E-state index contributed by atoms with van der Waals surface area (Å²) in [5, 5.41) is 11.7. The number of nitrogens with one attached hydrogen (secondary N) is 1. The highest BCUT2D eigenvalue weighted by Gasteiger charge is 2.30. The van der Waals surface area contributed by atoms with Crippen LogP contribution in [0.15, 0.2) is 47.4 Å². The Morgan fingerprint density at radius 1 is 1.41 bits per heavy atom. The smallest absolute Gasteiger partial charge is 0.288 e. The largest absolute Gasteiger partial charge is 0.431 e. The van der Waals surface area contributed by atoms with Gasteiger partial charge < -0.3 is 15.8 Å². The Hall–Kier alpha value is -3.44. The van der Waals surface area contributed by atoms with Crippen molar-refractivity contribution in [1.82, 2.24) is 9.97 Å². The highest BCUT2D eigenvalue weighted by molar-refractivity contribution is 6.34. The molecule has 0 saturated carbocycles. The van der Waals surface area contributed by atoms with Crippen molar-refractivity contribution in [2.45, 2.75) is 19.4 Å². The summed E-state index contributed by atoms with van der Waals surface area (Å²) in [6, 6.07) is 6.65. The van der Waals surface area contributed by atoms with Crippen molar-refractivity contribution in [2.75, 3.05) is 5.32 Å². The lowest BCUT2D eigenvalue weighted by molar-refractivity contribution is 0.102. The molecule has 3 heterocycles. The van der Waals surface area contributed by atoms with Gasteiger partial charge >= 0.3 is 0 Å². The number of hydrogen-bond acceptors (Lipinski definition) is 7. The highest BCUT2D eigenvalue weighted by Crippen LogP contribution is 2.31. The number of rotatable bonds is 3. The molecule has 136 valence electrons. The van der Waals surface area contributed by atoms with E-state index in [-0.39, 0.29) is 22.3 Å². The predicted octanol–water partition coefficient (Wildman–Crippen LogP) is 2.72. The summed E-state index contributed by atoms with van der Waals surface area (Å²) in [7, 11) is 0. The number of aliphatic imine (C=N–C) groups is 1. The summed E-state index contributed by atoms with van der Waals surface area (Å²) in [6.07, 6.45) is 4.62. The Balaban J connectivity index is 1.88. The molecule has 9 heteroatoms. The average molecular weight is 383 g/mol. The third-order valence-corrected chi connectivity index (χ3v) is 4.10. The van der Waals surface area contributed by atoms with E-state index in [1.54, 1.807) is 31.3 Å². The number of hydrogen-bond donors (Lipinski definition) is 2. The Morgan fingerprint density at radius 2 is 2.19 bits per heavy atom. The maximum Gasteiger partial charge on any atom is 0.288 e. The van der Waals surface area contributed by atoms with E-state index >= 15 is 0 Å². The van der Waals surface area contributed by atoms with Gasteiger partial charge in [0.2, 0.25) is 0 Å². The third kappa shape index (κ3) is 3.88. The summed E-state index contributed by atoms with van der Waals surface area (Å²) in [5.41, 5.74) is 6.24. The lowest BCUT2D eigenvalue weighted by Gasteiger charge is -2.26. The molecule has 27 heavy (non-hydrogen) atoms.